The summed E-state index contributed by atoms with van der Waals surface area (Å²) >= 11 is 0. The fourth-order valence-electron chi connectivity index (χ4n) is 1.51. The van der Waals surface area contributed by atoms with E-state index in [-0.39, 0.29) is 11.5 Å². The van der Waals surface area contributed by atoms with Crippen molar-refractivity contribution in [1.29, 1.82) is 0 Å². The van der Waals surface area contributed by atoms with Gasteiger partial charge in [0.25, 0.3) is 0 Å². The molecule has 0 aromatic heterocycles. The average Bonchev–Trinajstić information content (AvgIpc) is 2.13. The Hall–Kier alpha value is -0.120. The normalized spacial score (nSPS) is 14.8. The smallest absolute Gasteiger partial charge is 0.0715 e. The SMILES string of the molecule is CCN(CCCN(C)C)CC(O)C(C)(C)C. The van der Waals surface area contributed by atoms with Crippen LogP contribution in [-0.4, -0.2) is 61.3 Å². The van der Waals surface area contributed by atoms with Gasteiger partial charge in [0.1, 0.15) is 0 Å². The number of hydrogen-bond acceptors (Lipinski definition) is 3. The van der Waals surface area contributed by atoms with Crippen LogP contribution < -0.4 is 0 Å². The van der Waals surface area contributed by atoms with E-state index in [1.165, 1.54) is 0 Å². The molecule has 0 radical (unpaired) electrons. The van der Waals surface area contributed by atoms with Crippen LogP contribution in [0.25, 0.3) is 0 Å². The Balaban J connectivity index is 3.91. The summed E-state index contributed by atoms with van der Waals surface area (Å²) in [5.74, 6) is 0. The van der Waals surface area contributed by atoms with Crippen molar-refractivity contribution in [3.63, 3.8) is 0 Å². The summed E-state index contributed by atoms with van der Waals surface area (Å²) in [5, 5.41) is 10.0. The predicted octanol–water partition coefficient (Wildman–Crippen LogP) is 1.67. The zero-order valence-electron chi connectivity index (χ0n) is 12.0. The molecule has 0 aromatic carbocycles. The van der Waals surface area contributed by atoms with E-state index < -0.39 is 0 Å². The summed E-state index contributed by atoms with van der Waals surface area (Å²) in [6.45, 7) is 12.4. The number of hydrogen-bond donors (Lipinski definition) is 1. The van der Waals surface area contributed by atoms with Crippen molar-refractivity contribution >= 4 is 0 Å². The number of aliphatic hydroxyl groups is 1. The summed E-state index contributed by atoms with van der Waals surface area (Å²) in [6.07, 6.45) is 0.921. The Kier molecular flexibility index (Phi) is 7.20. The molecule has 98 valence electrons. The zero-order valence-corrected chi connectivity index (χ0v) is 12.0. The Bertz CT molecular complexity index is 175. The zero-order chi connectivity index (χ0) is 12.8. The lowest BCUT2D eigenvalue weighted by atomic mass is 9.89. The first-order valence-corrected chi connectivity index (χ1v) is 6.32. The largest absolute Gasteiger partial charge is 0.391 e. The van der Waals surface area contributed by atoms with Crippen molar-refractivity contribution in [2.24, 2.45) is 5.41 Å². The molecule has 0 spiro atoms. The molecule has 3 nitrogen and oxygen atoms in total. The van der Waals surface area contributed by atoms with E-state index in [9.17, 15) is 5.11 Å². The molecule has 0 bridgehead atoms. The minimum absolute atomic E-state index is 0.0189. The fourth-order valence-corrected chi connectivity index (χ4v) is 1.51. The first kappa shape index (κ1) is 15.9. The lowest BCUT2D eigenvalue weighted by Gasteiger charge is -2.31. The average molecular weight is 230 g/mol. The van der Waals surface area contributed by atoms with E-state index in [0.29, 0.717) is 0 Å². The molecule has 1 N–H and O–H groups in total. The summed E-state index contributed by atoms with van der Waals surface area (Å²) in [5.41, 5.74) is -0.0189. The second-order valence-corrected chi connectivity index (χ2v) is 5.93. The van der Waals surface area contributed by atoms with E-state index in [4.69, 9.17) is 0 Å². The van der Waals surface area contributed by atoms with Gasteiger partial charge in [0.15, 0.2) is 0 Å². The highest BCUT2D eigenvalue weighted by Gasteiger charge is 2.23. The molecule has 0 aromatic rings. The van der Waals surface area contributed by atoms with Crippen LogP contribution in [0, 0.1) is 5.41 Å². The molecule has 0 rings (SSSR count). The van der Waals surface area contributed by atoms with Crippen molar-refractivity contribution in [2.45, 2.75) is 40.2 Å². The van der Waals surface area contributed by atoms with Crippen LogP contribution in [0.4, 0.5) is 0 Å². The van der Waals surface area contributed by atoms with Crippen LogP contribution in [0.1, 0.15) is 34.1 Å². The summed E-state index contributed by atoms with van der Waals surface area (Å²) in [4.78, 5) is 4.54. The molecular formula is C13H30N2O. The molecule has 0 fully saturated rings. The molecule has 1 atom stereocenters. The molecule has 0 amide bonds. The van der Waals surface area contributed by atoms with Gasteiger partial charge in [-0.2, -0.15) is 0 Å². The van der Waals surface area contributed by atoms with Gasteiger partial charge in [0.05, 0.1) is 6.10 Å². The van der Waals surface area contributed by atoms with Crippen molar-refractivity contribution < 1.29 is 5.11 Å². The Labute approximate surface area is 101 Å². The van der Waals surface area contributed by atoms with Crippen molar-refractivity contribution in [3.8, 4) is 0 Å². The molecule has 0 aliphatic heterocycles. The number of nitrogens with zero attached hydrogens (tertiary/aromatic N) is 2. The molecule has 0 aliphatic rings. The highest BCUT2D eigenvalue weighted by molar-refractivity contribution is 4.76. The lowest BCUT2D eigenvalue weighted by molar-refractivity contribution is 0.0290. The topological polar surface area (TPSA) is 26.7 Å². The second kappa shape index (κ2) is 7.25. The maximum Gasteiger partial charge on any atom is 0.0715 e. The monoisotopic (exact) mass is 230 g/mol. The minimum atomic E-state index is -0.244. The van der Waals surface area contributed by atoms with Gasteiger partial charge in [-0.3, -0.25) is 0 Å². The maximum absolute atomic E-state index is 10.0. The molecule has 0 saturated heterocycles. The lowest BCUT2D eigenvalue weighted by Crippen LogP contribution is -2.40. The number of aliphatic hydroxyl groups excluding tert-OH is 1. The van der Waals surface area contributed by atoms with E-state index in [1.807, 2.05) is 0 Å². The van der Waals surface area contributed by atoms with Gasteiger partial charge in [-0.15, -0.1) is 0 Å². The first-order valence-electron chi connectivity index (χ1n) is 6.32. The molecule has 0 aliphatic carbocycles. The van der Waals surface area contributed by atoms with Crippen molar-refractivity contribution in [2.75, 3.05) is 40.3 Å². The van der Waals surface area contributed by atoms with Gasteiger partial charge in [-0.1, -0.05) is 27.7 Å². The minimum Gasteiger partial charge on any atom is -0.391 e. The van der Waals surface area contributed by atoms with Crippen molar-refractivity contribution in [1.82, 2.24) is 9.80 Å². The number of likely N-dealkylation sites (N-methyl/N-ethyl adjacent to an activating group) is 1. The second-order valence-electron chi connectivity index (χ2n) is 5.93. The van der Waals surface area contributed by atoms with E-state index >= 15 is 0 Å². The van der Waals surface area contributed by atoms with Crippen LogP contribution in [0.3, 0.4) is 0 Å². The third-order valence-electron chi connectivity index (χ3n) is 2.96. The summed E-state index contributed by atoms with van der Waals surface area (Å²) in [6, 6.07) is 0. The molecule has 1 unspecified atom stereocenters. The third kappa shape index (κ3) is 7.20. The van der Waals surface area contributed by atoms with E-state index in [0.717, 1.165) is 32.6 Å². The fraction of sp³-hybridized carbons (Fsp3) is 1.00. The van der Waals surface area contributed by atoms with Gasteiger partial charge < -0.3 is 14.9 Å². The van der Waals surface area contributed by atoms with Crippen LogP contribution in [0.5, 0.6) is 0 Å². The van der Waals surface area contributed by atoms with Gasteiger partial charge in [0, 0.05) is 6.54 Å². The Morgan fingerprint density at radius 3 is 2.06 bits per heavy atom. The standard InChI is InChI=1S/C13H30N2O/c1-7-15(10-8-9-14(5)6)11-12(16)13(2,3)4/h12,16H,7-11H2,1-6H3. The highest BCUT2D eigenvalue weighted by Crippen LogP contribution is 2.19. The quantitative estimate of drug-likeness (QED) is 0.721. The molecular weight excluding hydrogens is 200 g/mol. The van der Waals surface area contributed by atoms with Gasteiger partial charge >= 0.3 is 0 Å². The molecule has 0 heterocycles. The van der Waals surface area contributed by atoms with Gasteiger partial charge in [-0.05, 0) is 45.6 Å². The van der Waals surface area contributed by atoms with Crippen LogP contribution in [-0.2, 0) is 0 Å². The highest BCUT2D eigenvalue weighted by atomic mass is 16.3. The van der Waals surface area contributed by atoms with Crippen LogP contribution >= 0.6 is 0 Å². The van der Waals surface area contributed by atoms with Crippen LogP contribution in [0.2, 0.25) is 0 Å². The van der Waals surface area contributed by atoms with Crippen LogP contribution in [0.15, 0.2) is 0 Å². The van der Waals surface area contributed by atoms with Gasteiger partial charge in [0.2, 0.25) is 0 Å². The van der Waals surface area contributed by atoms with Crippen molar-refractivity contribution in [3.05, 3.63) is 0 Å². The Morgan fingerprint density at radius 1 is 1.12 bits per heavy atom. The predicted molar refractivity (Wildman–Crippen MR) is 70.7 cm³/mol. The van der Waals surface area contributed by atoms with Gasteiger partial charge in [-0.25, -0.2) is 0 Å². The molecule has 16 heavy (non-hydrogen) atoms. The summed E-state index contributed by atoms with van der Waals surface area (Å²) < 4.78 is 0. The van der Waals surface area contributed by atoms with E-state index in [2.05, 4.69) is 51.6 Å². The number of rotatable bonds is 7. The van der Waals surface area contributed by atoms with E-state index in [1.54, 1.807) is 0 Å². The maximum atomic E-state index is 10.0. The Morgan fingerprint density at radius 2 is 1.69 bits per heavy atom. The molecule has 0 saturated carbocycles. The summed E-state index contributed by atoms with van der Waals surface area (Å²) in [7, 11) is 4.20. The third-order valence-corrected chi connectivity index (χ3v) is 2.96. The molecule has 3 heteroatoms. The first-order chi connectivity index (χ1) is 7.27.